The standard InChI is InChI=1S/C9H16N2O/c1-2-10-3-4-11-5-6-12-8-9(11)7-10/h1,9H,2-8H2. The average Bonchev–Trinajstić information content (AvgIpc) is 2.17. The van der Waals surface area contributed by atoms with Crippen LogP contribution in [0.15, 0.2) is 0 Å². The Morgan fingerprint density at radius 2 is 2.25 bits per heavy atom. The van der Waals surface area contributed by atoms with Gasteiger partial charge in [0.25, 0.3) is 0 Å². The molecule has 12 heavy (non-hydrogen) atoms. The molecule has 0 bridgehead atoms. The highest BCUT2D eigenvalue weighted by molar-refractivity contribution is 4.84. The quantitative estimate of drug-likeness (QED) is 0.535. The van der Waals surface area contributed by atoms with Crippen molar-refractivity contribution in [3.63, 3.8) is 0 Å². The van der Waals surface area contributed by atoms with Gasteiger partial charge in [-0.25, -0.2) is 0 Å². The first-order valence-electron chi connectivity index (χ1n) is 4.64. The lowest BCUT2D eigenvalue weighted by Gasteiger charge is -2.43. The average molecular weight is 168 g/mol. The van der Waals surface area contributed by atoms with E-state index in [4.69, 9.17) is 11.7 Å². The van der Waals surface area contributed by atoms with E-state index in [9.17, 15) is 0 Å². The number of rotatable bonds is 1. The number of hydrogen-bond donors (Lipinski definition) is 0. The minimum atomic E-state index is 0.594. The molecule has 0 saturated carbocycles. The van der Waals surface area contributed by atoms with Crippen LogP contribution >= 0.6 is 0 Å². The SMILES string of the molecule is [CH]CN1CCN2CCOCC2C1. The molecular formula is C9H16N2O. The fraction of sp³-hybridized carbons (Fsp3) is 0.889. The summed E-state index contributed by atoms with van der Waals surface area (Å²) in [5.74, 6) is 0. The van der Waals surface area contributed by atoms with Crippen molar-refractivity contribution in [1.29, 1.82) is 0 Å². The van der Waals surface area contributed by atoms with Gasteiger partial charge in [-0.15, -0.1) is 0 Å². The summed E-state index contributed by atoms with van der Waals surface area (Å²) in [4.78, 5) is 4.80. The van der Waals surface area contributed by atoms with E-state index in [-0.39, 0.29) is 0 Å². The fourth-order valence-corrected chi connectivity index (χ4v) is 1.98. The maximum absolute atomic E-state index is 5.59. The Bertz CT molecular complexity index is 151. The van der Waals surface area contributed by atoms with Gasteiger partial charge in [0, 0.05) is 38.8 Å². The molecule has 0 amide bonds. The van der Waals surface area contributed by atoms with Crippen LogP contribution in [0.1, 0.15) is 0 Å². The first-order chi connectivity index (χ1) is 5.90. The molecule has 1 atom stereocenters. The lowest BCUT2D eigenvalue weighted by Crippen LogP contribution is -2.57. The van der Waals surface area contributed by atoms with E-state index in [0.717, 1.165) is 39.4 Å². The fourth-order valence-electron chi connectivity index (χ4n) is 1.98. The third-order valence-electron chi connectivity index (χ3n) is 2.78. The summed E-state index contributed by atoms with van der Waals surface area (Å²) in [6.07, 6.45) is 0. The van der Waals surface area contributed by atoms with Crippen molar-refractivity contribution in [3.05, 3.63) is 6.92 Å². The van der Waals surface area contributed by atoms with Crippen LogP contribution in [-0.4, -0.2) is 61.8 Å². The number of piperazine rings is 1. The normalized spacial score (nSPS) is 33.2. The molecule has 3 heteroatoms. The molecule has 0 spiro atoms. The Labute approximate surface area is 74.3 Å². The Kier molecular flexibility index (Phi) is 2.63. The molecule has 0 aromatic rings. The summed E-state index contributed by atoms with van der Waals surface area (Å²) >= 11 is 0. The minimum Gasteiger partial charge on any atom is -0.378 e. The van der Waals surface area contributed by atoms with Gasteiger partial charge >= 0.3 is 0 Å². The molecule has 0 aliphatic carbocycles. The van der Waals surface area contributed by atoms with Gasteiger partial charge in [-0.3, -0.25) is 4.90 Å². The lowest BCUT2D eigenvalue weighted by molar-refractivity contribution is -0.0425. The zero-order valence-electron chi connectivity index (χ0n) is 7.41. The number of fused-ring (bicyclic) bond motifs is 1. The first kappa shape index (κ1) is 8.48. The van der Waals surface area contributed by atoms with Crippen LogP contribution in [0.2, 0.25) is 0 Å². The Morgan fingerprint density at radius 3 is 3.08 bits per heavy atom. The van der Waals surface area contributed by atoms with Crippen molar-refractivity contribution in [1.82, 2.24) is 9.80 Å². The molecule has 1 unspecified atom stereocenters. The van der Waals surface area contributed by atoms with Crippen LogP contribution in [0, 0.1) is 6.92 Å². The second kappa shape index (κ2) is 3.73. The summed E-state index contributed by atoms with van der Waals surface area (Å²) in [7, 11) is 0. The molecule has 2 aliphatic rings. The maximum atomic E-state index is 5.59. The molecule has 2 aliphatic heterocycles. The van der Waals surface area contributed by atoms with E-state index < -0.39 is 0 Å². The molecule has 2 heterocycles. The topological polar surface area (TPSA) is 15.7 Å². The smallest absolute Gasteiger partial charge is 0.0634 e. The molecule has 2 radical (unpaired) electrons. The van der Waals surface area contributed by atoms with Crippen LogP contribution in [0.25, 0.3) is 0 Å². The zero-order chi connectivity index (χ0) is 8.39. The van der Waals surface area contributed by atoms with Gasteiger partial charge in [0.2, 0.25) is 0 Å². The van der Waals surface area contributed by atoms with Crippen LogP contribution < -0.4 is 0 Å². The maximum Gasteiger partial charge on any atom is 0.0634 e. The highest BCUT2D eigenvalue weighted by Crippen LogP contribution is 2.12. The summed E-state index contributed by atoms with van der Waals surface area (Å²) < 4.78 is 5.42. The van der Waals surface area contributed by atoms with Crippen molar-refractivity contribution in [2.24, 2.45) is 0 Å². The van der Waals surface area contributed by atoms with Crippen LogP contribution in [0.3, 0.4) is 0 Å². The van der Waals surface area contributed by atoms with Crippen molar-refractivity contribution in [3.8, 4) is 0 Å². The van der Waals surface area contributed by atoms with Gasteiger partial charge in [-0.2, -0.15) is 0 Å². The van der Waals surface area contributed by atoms with Gasteiger partial charge in [0.15, 0.2) is 0 Å². The van der Waals surface area contributed by atoms with Gasteiger partial charge in [-0.1, -0.05) is 0 Å². The van der Waals surface area contributed by atoms with Crippen molar-refractivity contribution < 1.29 is 4.74 Å². The Balaban J connectivity index is 1.90. The second-order valence-electron chi connectivity index (χ2n) is 3.52. The van der Waals surface area contributed by atoms with Crippen LogP contribution in [0.5, 0.6) is 0 Å². The largest absolute Gasteiger partial charge is 0.378 e. The monoisotopic (exact) mass is 168 g/mol. The number of ether oxygens (including phenoxy) is 1. The predicted octanol–water partition coefficient (Wildman–Crippen LogP) is -0.286. The molecule has 2 saturated heterocycles. The molecule has 0 aromatic carbocycles. The van der Waals surface area contributed by atoms with E-state index in [2.05, 4.69) is 9.80 Å². The second-order valence-corrected chi connectivity index (χ2v) is 3.52. The lowest BCUT2D eigenvalue weighted by atomic mass is 10.1. The van der Waals surface area contributed by atoms with Gasteiger partial charge < -0.3 is 9.64 Å². The molecule has 2 fully saturated rings. The summed E-state index contributed by atoms with van der Waals surface area (Å²) in [5.41, 5.74) is 0. The van der Waals surface area contributed by atoms with Gasteiger partial charge in [0.05, 0.1) is 13.2 Å². The Hall–Kier alpha value is -0.120. The molecule has 0 aromatic heterocycles. The summed E-state index contributed by atoms with van der Waals surface area (Å²) in [6, 6.07) is 0.594. The van der Waals surface area contributed by atoms with Gasteiger partial charge in [-0.05, 0) is 6.92 Å². The third-order valence-corrected chi connectivity index (χ3v) is 2.78. The van der Waals surface area contributed by atoms with E-state index in [1.807, 2.05) is 0 Å². The molecule has 0 N–H and O–H groups in total. The highest BCUT2D eigenvalue weighted by Gasteiger charge is 2.28. The van der Waals surface area contributed by atoms with Gasteiger partial charge in [0.1, 0.15) is 0 Å². The molecular weight excluding hydrogens is 152 g/mol. The first-order valence-corrected chi connectivity index (χ1v) is 4.64. The predicted molar refractivity (Wildman–Crippen MR) is 46.9 cm³/mol. The van der Waals surface area contributed by atoms with E-state index >= 15 is 0 Å². The van der Waals surface area contributed by atoms with Crippen LogP contribution in [0.4, 0.5) is 0 Å². The molecule has 2 rings (SSSR count). The number of nitrogens with zero attached hydrogens (tertiary/aromatic N) is 2. The van der Waals surface area contributed by atoms with E-state index in [1.54, 1.807) is 0 Å². The summed E-state index contributed by atoms with van der Waals surface area (Å²) in [5, 5.41) is 0. The third kappa shape index (κ3) is 1.63. The Morgan fingerprint density at radius 1 is 1.33 bits per heavy atom. The van der Waals surface area contributed by atoms with E-state index in [0.29, 0.717) is 12.6 Å². The highest BCUT2D eigenvalue weighted by atomic mass is 16.5. The van der Waals surface area contributed by atoms with Crippen molar-refractivity contribution >= 4 is 0 Å². The van der Waals surface area contributed by atoms with Crippen molar-refractivity contribution in [2.45, 2.75) is 6.04 Å². The molecule has 3 nitrogen and oxygen atoms in total. The number of morpholine rings is 1. The minimum absolute atomic E-state index is 0.594. The van der Waals surface area contributed by atoms with Crippen molar-refractivity contribution in [2.75, 3.05) is 45.9 Å². The molecule has 68 valence electrons. The van der Waals surface area contributed by atoms with E-state index in [1.165, 1.54) is 0 Å². The zero-order valence-corrected chi connectivity index (χ0v) is 7.41. The van der Waals surface area contributed by atoms with Crippen LogP contribution in [-0.2, 0) is 4.74 Å². The summed E-state index contributed by atoms with van der Waals surface area (Å²) in [6.45, 7) is 12.5. The number of hydrogen-bond acceptors (Lipinski definition) is 3.